The number of halogens is 1. The lowest BCUT2D eigenvalue weighted by atomic mass is 9.91. The lowest BCUT2D eigenvalue weighted by Crippen LogP contribution is -2.35. The van der Waals surface area contributed by atoms with Crippen LogP contribution in [-0.4, -0.2) is 12.2 Å². The van der Waals surface area contributed by atoms with Crippen molar-refractivity contribution in [3.8, 4) is 0 Å². The van der Waals surface area contributed by atoms with Gasteiger partial charge < -0.3 is 5.73 Å². The monoisotopic (exact) mass is 187 g/mol. The topological polar surface area (TPSA) is 26.0 Å². The maximum atomic E-state index is 14.0. The molecule has 0 aliphatic heterocycles. The van der Waals surface area contributed by atoms with Crippen molar-refractivity contribution in [1.29, 1.82) is 0 Å². The van der Waals surface area contributed by atoms with Crippen LogP contribution in [0.4, 0.5) is 4.39 Å². The Morgan fingerprint density at radius 3 is 2.46 bits per heavy atom. The summed E-state index contributed by atoms with van der Waals surface area (Å²) in [4.78, 5) is 0. The summed E-state index contributed by atoms with van der Waals surface area (Å²) >= 11 is 0. The molecule has 0 bridgehead atoms. The summed E-state index contributed by atoms with van der Waals surface area (Å²) in [6, 6.07) is 0. The van der Waals surface area contributed by atoms with Gasteiger partial charge in [-0.15, -0.1) is 0 Å². The predicted molar refractivity (Wildman–Crippen MR) is 54.3 cm³/mol. The Bertz CT molecular complexity index is 154. The molecule has 0 saturated heterocycles. The zero-order chi connectivity index (χ0) is 9.90. The third-order valence-electron chi connectivity index (χ3n) is 3.02. The van der Waals surface area contributed by atoms with Crippen LogP contribution >= 0.6 is 0 Å². The van der Waals surface area contributed by atoms with Gasteiger partial charge in [-0.2, -0.15) is 0 Å². The average molecular weight is 187 g/mol. The summed E-state index contributed by atoms with van der Waals surface area (Å²) in [7, 11) is 0. The van der Waals surface area contributed by atoms with E-state index >= 15 is 0 Å². The van der Waals surface area contributed by atoms with Gasteiger partial charge in [0, 0.05) is 6.54 Å². The first-order chi connectivity index (χ1) is 6.08. The summed E-state index contributed by atoms with van der Waals surface area (Å²) in [6.45, 7) is 4.58. The highest BCUT2D eigenvalue weighted by atomic mass is 19.1. The lowest BCUT2D eigenvalue weighted by Gasteiger charge is -2.23. The van der Waals surface area contributed by atoms with Gasteiger partial charge in [0.1, 0.15) is 5.67 Å². The highest BCUT2D eigenvalue weighted by Crippen LogP contribution is 2.44. The second kappa shape index (κ2) is 4.41. The van der Waals surface area contributed by atoms with Gasteiger partial charge in [0.2, 0.25) is 0 Å². The molecule has 0 aromatic carbocycles. The lowest BCUT2D eigenvalue weighted by molar-refractivity contribution is 0.124. The Morgan fingerprint density at radius 1 is 1.46 bits per heavy atom. The molecule has 0 amide bonds. The molecule has 2 N–H and O–H groups in total. The van der Waals surface area contributed by atoms with E-state index in [1.165, 1.54) is 0 Å². The molecule has 0 heterocycles. The molecule has 2 heteroatoms. The third-order valence-corrected chi connectivity index (χ3v) is 3.02. The molecule has 1 atom stereocenters. The molecule has 1 aliphatic carbocycles. The third kappa shape index (κ3) is 3.26. The Balaban J connectivity index is 2.23. The van der Waals surface area contributed by atoms with Crippen LogP contribution in [0.1, 0.15) is 46.0 Å². The maximum absolute atomic E-state index is 14.0. The fraction of sp³-hybridized carbons (Fsp3) is 1.00. The molecular weight excluding hydrogens is 165 g/mol. The Hall–Kier alpha value is -0.110. The van der Waals surface area contributed by atoms with Gasteiger partial charge in [0.15, 0.2) is 0 Å². The van der Waals surface area contributed by atoms with Gasteiger partial charge in [-0.05, 0) is 37.5 Å². The second-order valence-electron chi connectivity index (χ2n) is 4.80. The van der Waals surface area contributed by atoms with E-state index in [1.54, 1.807) is 0 Å². The SMILES string of the molecule is CC(C)CCCC(F)(CN)C1CC1. The minimum Gasteiger partial charge on any atom is -0.328 e. The van der Waals surface area contributed by atoms with Crippen molar-refractivity contribution in [2.24, 2.45) is 17.6 Å². The summed E-state index contributed by atoms with van der Waals surface area (Å²) < 4.78 is 14.0. The first-order valence-electron chi connectivity index (χ1n) is 5.47. The summed E-state index contributed by atoms with van der Waals surface area (Å²) in [5.74, 6) is 0.964. The van der Waals surface area contributed by atoms with Crippen LogP contribution in [0.15, 0.2) is 0 Å². The van der Waals surface area contributed by atoms with Crippen LogP contribution in [0.25, 0.3) is 0 Å². The van der Waals surface area contributed by atoms with Crippen molar-refractivity contribution in [2.75, 3.05) is 6.54 Å². The molecule has 13 heavy (non-hydrogen) atoms. The van der Waals surface area contributed by atoms with E-state index in [2.05, 4.69) is 13.8 Å². The van der Waals surface area contributed by atoms with Gasteiger partial charge in [0.25, 0.3) is 0 Å². The van der Waals surface area contributed by atoms with E-state index in [0.29, 0.717) is 12.3 Å². The molecule has 1 fully saturated rings. The van der Waals surface area contributed by atoms with E-state index in [-0.39, 0.29) is 12.5 Å². The minimum absolute atomic E-state index is 0.218. The van der Waals surface area contributed by atoms with Gasteiger partial charge in [-0.1, -0.05) is 20.3 Å². The predicted octanol–water partition coefficient (Wildman–Crippen LogP) is 2.89. The van der Waals surface area contributed by atoms with Crippen molar-refractivity contribution >= 4 is 0 Å². The van der Waals surface area contributed by atoms with Crippen LogP contribution < -0.4 is 5.73 Å². The molecule has 78 valence electrons. The van der Waals surface area contributed by atoms with E-state index in [4.69, 9.17) is 5.73 Å². The largest absolute Gasteiger partial charge is 0.328 e. The summed E-state index contributed by atoms with van der Waals surface area (Å²) in [6.07, 6.45) is 4.89. The van der Waals surface area contributed by atoms with Crippen molar-refractivity contribution in [3.63, 3.8) is 0 Å². The van der Waals surface area contributed by atoms with Crippen LogP contribution in [-0.2, 0) is 0 Å². The normalized spacial score (nSPS) is 21.9. The molecule has 1 nitrogen and oxygen atoms in total. The fourth-order valence-corrected chi connectivity index (χ4v) is 1.88. The zero-order valence-electron chi connectivity index (χ0n) is 8.85. The number of alkyl halides is 1. The van der Waals surface area contributed by atoms with E-state index in [1.807, 2.05) is 0 Å². The van der Waals surface area contributed by atoms with Crippen LogP contribution in [0, 0.1) is 11.8 Å². The van der Waals surface area contributed by atoms with Crippen LogP contribution in [0.5, 0.6) is 0 Å². The van der Waals surface area contributed by atoms with E-state index < -0.39 is 5.67 Å². The van der Waals surface area contributed by atoms with Crippen molar-refractivity contribution in [3.05, 3.63) is 0 Å². The van der Waals surface area contributed by atoms with Crippen LogP contribution in [0.3, 0.4) is 0 Å². The smallest absolute Gasteiger partial charge is 0.126 e. The molecule has 1 unspecified atom stereocenters. The molecular formula is C11H22FN. The highest BCUT2D eigenvalue weighted by molar-refractivity contribution is 4.95. The van der Waals surface area contributed by atoms with E-state index in [0.717, 1.165) is 25.7 Å². The number of nitrogens with two attached hydrogens (primary N) is 1. The van der Waals surface area contributed by atoms with Gasteiger partial charge in [-0.3, -0.25) is 0 Å². The first-order valence-corrected chi connectivity index (χ1v) is 5.47. The molecule has 1 aliphatic rings. The van der Waals surface area contributed by atoms with E-state index in [9.17, 15) is 4.39 Å². The fourth-order valence-electron chi connectivity index (χ4n) is 1.88. The summed E-state index contributed by atoms with van der Waals surface area (Å²) in [5.41, 5.74) is 4.46. The molecule has 0 spiro atoms. The standard InChI is InChI=1S/C11H22FN/c1-9(2)4-3-7-11(12,8-13)10-5-6-10/h9-10H,3-8,13H2,1-2H3. The molecule has 0 aromatic rings. The second-order valence-corrected chi connectivity index (χ2v) is 4.80. The number of rotatable bonds is 6. The van der Waals surface area contributed by atoms with Crippen molar-refractivity contribution in [2.45, 2.75) is 51.6 Å². The van der Waals surface area contributed by atoms with Gasteiger partial charge >= 0.3 is 0 Å². The average Bonchev–Trinajstić information content (AvgIpc) is 2.85. The molecule has 0 aromatic heterocycles. The summed E-state index contributed by atoms with van der Waals surface area (Å²) in [5, 5.41) is 0. The molecule has 1 saturated carbocycles. The Labute approximate surface area is 80.9 Å². The molecule has 0 radical (unpaired) electrons. The van der Waals surface area contributed by atoms with Gasteiger partial charge in [-0.25, -0.2) is 4.39 Å². The number of hydrogen-bond donors (Lipinski definition) is 1. The first kappa shape index (κ1) is 11.0. The Morgan fingerprint density at radius 2 is 2.08 bits per heavy atom. The van der Waals surface area contributed by atoms with Crippen molar-refractivity contribution in [1.82, 2.24) is 0 Å². The highest BCUT2D eigenvalue weighted by Gasteiger charge is 2.44. The maximum Gasteiger partial charge on any atom is 0.126 e. The Kier molecular flexibility index (Phi) is 3.72. The number of hydrogen-bond acceptors (Lipinski definition) is 1. The van der Waals surface area contributed by atoms with Gasteiger partial charge in [0.05, 0.1) is 0 Å². The van der Waals surface area contributed by atoms with Crippen LogP contribution in [0.2, 0.25) is 0 Å². The minimum atomic E-state index is -1.03. The zero-order valence-corrected chi connectivity index (χ0v) is 8.85. The quantitative estimate of drug-likeness (QED) is 0.680. The molecule has 1 rings (SSSR count). The van der Waals surface area contributed by atoms with Crippen molar-refractivity contribution < 1.29 is 4.39 Å².